The van der Waals surface area contributed by atoms with Crippen LogP contribution in [0, 0.1) is 11.9 Å². The fourth-order valence-electron chi connectivity index (χ4n) is 4.59. The number of nitrogens with zero attached hydrogens (tertiary/aromatic N) is 2. The summed E-state index contributed by atoms with van der Waals surface area (Å²) in [6, 6.07) is 13.0. The summed E-state index contributed by atoms with van der Waals surface area (Å²) in [4.78, 5) is 18.9. The molecule has 1 saturated heterocycles. The number of morpholine rings is 1. The summed E-state index contributed by atoms with van der Waals surface area (Å²) >= 11 is 0. The third-order valence-corrected chi connectivity index (χ3v) is 6.08. The number of ether oxygens (including phenoxy) is 1. The molecule has 0 spiro atoms. The van der Waals surface area contributed by atoms with Crippen LogP contribution in [0.25, 0.3) is 0 Å². The minimum atomic E-state index is -0.485. The fraction of sp³-hybridized carbons (Fsp3) is 0.500. The molecule has 2 fully saturated rings. The van der Waals surface area contributed by atoms with Gasteiger partial charge in [0.2, 0.25) is 11.9 Å². The lowest BCUT2D eigenvalue weighted by Gasteiger charge is -2.36. The predicted molar refractivity (Wildman–Crippen MR) is 121 cm³/mol. The van der Waals surface area contributed by atoms with E-state index in [9.17, 15) is 9.18 Å². The monoisotopic (exact) mass is 426 g/mol. The predicted octanol–water partition coefficient (Wildman–Crippen LogP) is 4.44. The van der Waals surface area contributed by atoms with Crippen molar-refractivity contribution in [3.8, 4) is 0 Å². The standard InChI is InChI=1S/C24H31FN4O2/c1-16-14-29(15-17(2)31-16)21-12-10-20(11-13-21)27-24(30)18-6-8-19(9-7-18)26-23-5-3-4-22(25)28-23/h3-5,10-13,16-19H,6-9,14-15H2,1-2H3,(H,26,28)(H,27,30)/t16-,17+,18?,19?. The second-order valence-corrected chi connectivity index (χ2v) is 8.74. The highest BCUT2D eigenvalue weighted by molar-refractivity contribution is 5.92. The van der Waals surface area contributed by atoms with Crippen molar-refractivity contribution in [3.63, 3.8) is 0 Å². The molecule has 2 aliphatic rings. The zero-order chi connectivity index (χ0) is 21.8. The quantitative estimate of drug-likeness (QED) is 0.692. The lowest BCUT2D eigenvalue weighted by atomic mass is 9.85. The molecule has 1 saturated carbocycles. The van der Waals surface area contributed by atoms with E-state index in [1.807, 2.05) is 12.1 Å². The van der Waals surface area contributed by atoms with Gasteiger partial charge in [-0.15, -0.1) is 0 Å². The molecule has 2 N–H and O–H groups in total. The van der Waals surface area contributed by atoms with Gasteiger partial charge in [0.05, 0.1) is 12.2 Å². The van der Waals surface area contributed by atoms with Gasteiger partial charge in [0.1, 0.15) is 5.82 Å². The van der Waals surface area contributed by atoms with Gasteiger partial charge in [-0.3, -0.25) is 4.79 Å². The molecule has 1 amide bonds. The molecule has 7 heteroatoms. The molecule has 4 rings (SSSR count). The van der Waals surface area contributed by atoms with Crippen LogP contribution in [0.4, 0.5) is 21.6 Å². The molecule has 1 aromatic heterocycles. The molecule has 166 valence electrons. The van der Waals surface area contributed by atoms with Crippen LogP contribution in [0.1, 0.15) is 39.5 Å². The van der Waals surface area contributed by atoms with E-state index >= 15 is 0 Å². The summed E-state index contributed by atoms with van der Waals surface area (Å²) in [5.74, 6) is 0.140. The zero-order valence-corrected chi connectivity index (χ0v) is 18.2. The first-order valence-electron chi connectivity index (χ1n) is 11.2. The Morgan fingerprint density at radius 1 is 1.03 bits per heavy atom. The van der Waals surface area contributed by atoms with Gasteiger partial charge in [-0.1, -0.05) is 6.07 Å². The Kier molecular flexibility index (Phi) is 6.70. The second-order valence-electron chi connectivity index (χ2n) is 8.74. The van der Waals surface area contributed by atoms with Gasteiger partial charge in [0, 0.05) is 36.4 Å². The number of rotatable bonds is 5. The molecule has 0 radical (unpaired) electrons. The van der Waals surface area contributed by atoms with Gasteiger partial charge >= 0.3 is 0 Å². The van der Waals surface area contributed by atoms with Crippen LogP contribution < -0.4 is 15.5 Å². The van der Waals surface area contributed by atoms with Crippen molar-refractivity contribution < 1.29 is 13.9 Å². The minimum Gasteiger partial charge on any atom is -0.372 e. The maximum atomic E-state index is 13.2. The molecule has 0 bridgehead atoms. The Bertz CT molecular complexity index is 873. The summed E-state index contributed by atoms with van der Waals surface area (Å²) in [7, 11) is 0. The average molecular weight is 427 g/mol. The summed E-state index contributed by atoms with van der Waals surface area (Å²) < 4.78 is 19.1. The van der Waals surface area contributed by atoms with Gasteiger partial charge in [-0.05, 0) is 75.9 Å². The number of anilines is 3. The summed E-state index contributed by atoms with van der Waals surface area (Å²) in [5, 5.41) is 6.34. The SMILES string of the molecule is C[C@@H]1CN(c2ccc(NC(=O)C3CCC(Nc4cccc(F)n4)CC3)cc2)C[C@H](C)O1. The molecule has 1 aliphatic heterocycles. The highest BCUT2D eigenvalue weighted by Gasteiger charge is 2.27. The number of hydrogen-bond acceptors (Lipinski definition) is 5. The van der Waals surface area contributed by atoms with Gasteiger partial charge in [0.15, 0.2) is 0 Å². The first kappa shape index (κ1) is 21.6. The van der Waals surface area contributed by atoms with E-state index in [4.69, 9.17) is 4.74 Å². The third kappa shape index (κ3) is 5.73. The van der Waals surface area contributed by atoms with Crippen LogP contribution in [-0.4, -0.2) is 42.2 Å². The fourth-order valence-corrected chi connectivity index (χ4v) is 4.59. The van der Waals surface area contributed by atoms with Gasteiger partial charge in [-0.25, -0.2) is 4.98 Å². The molecule has 2 heterocycles. The number of amides is 1. The molecule has 6 nitrogen and oxygen atoms in total. The highest BCUT2D eigenvalue weighted by Crippen LogP contribution is 2.28. The van der Waals surface area contributed by atoms with E-state index in [2.05, 4.69) is 46.5 Å². The van der Waals surface area contributed by atoms with Crippen LogP contribution in [0.3, 0.4) is 0 Å². The van der Waals surface area contributed by atoms with Gasteiger partial charge in [-0.2, -0.15) is 4.39 Å². The summed E-state index contributed by atoms with van der Waals surface area (Å²) in [5.41, 5.74) is 1.98. The Balaban J connectivity index is 1.26. The van der Waals surface area contributed by atoms with Crippen LogP contribution in [0.5, 0.6) is 0 Å². The Morgan fingerprint density at radius 3 is 2.35 bits per heavy atom. The third-order valence-electron chi connectivity index (χ3n) is 6.08. The van der Waals surface area contributed by atoms with Crippen molar-refractivity contribution in [1.82, 2.24) is 4.98 Å². The van der Waals surface area contributed by atoms with Crippen molar-refractivity contribution >= 4 is 23.1 Å². The first-order valence-corrected chi connectivity index (χ1v) is 11.2. The number of aromatic nitrogens is 1. The van der Waals surface area contributed by atoms with Crippen molar-refractivity contribution in [2.75, 3.05) is 28.6 Å². The number of carbonyl (C=O) groups excluding carboxylic acids is 1. The Hall–Kier alpha value is -2.67. The van der Waals surface area contributed by atoms with Crippen LogP contribution in [0.15, 0.2) is 42.5 Å². The summed E-state index contributed by atoms with van der Waals surface area (Å²) in [6.45, 7) is 5.93. The van der Waals surface area contributed by atoms with Gasteiger partial charge < -0.3 is 20.3 Å². The van der Waals surface area contributed by atoms with Crippen LogP contribution in [-0.2, 0) is 9.53 Å². The number of benzene rings is 1. The number of halogens is 1. The number of carbonyl (C=O) groups is 1. The molecule has 1 aromatic carbocycles. The lowest BCUT2D eigenvalue weighted by molar-refractivity contribution is -0.120. The second kappa shape index (κ2) is 9.64. The first-order chi connectivity index (χ1) is 15.0. The molecule has 2 atom stereocenters. The van der Waals surface area contributed by atoms with Crippen molar-refractivity contribution in [2.24, 2.45) is 5.92 Å². The topological polar surface area (TPSA) is 66.5 Å². The molecule has 0 unspecified atom stereocenters. The summed E-state index contributed by atoms with van der Waals surface area (Å²) in [6.07, 6.45) is 3.76. The Labute approximate surface area is 183 Å². The molecular weight excluding hydrogens is 395 g/mol. The van der Waals surface area contributed by atoms with E-state index in [-0.39, 0.29) is 30.1 Å². The van der Waals surface area contributed by atoms with Crippen molar-refractivity contribution in [2.45, 2.75) is 57.8 Å². The molecular formula is C24H31FN4O2. The maximum absolute atomic E-state index is 13.2. The smallest absolute Gasteiger partial charge is 0.227 e. The molecule has 31 heavy (non-hydrogen) atoms. The largest absolute Gasteiger partial charge is 0.372 e. The van der Waals surface area contributed by atoms with Crippen molar-refractivity contribution in [3.05, 3.63) is 48.4 Å². The minimum absolute atomic E-state index is 0.000799. The normalized spacial score (nSPS) is 26.4. The number of pyridine rings is 1. The zero-order valence-electron chi connectivity index (χ0n) is 18.2. The van der Waals surface area contributed by atoms with E-state index in [0.29, 0.717) is 5.82 Å². The van der Waals surface area contributed by atoms with Crippen LogP contribution in [0.2, 0.25) is 0 Å². The number of nitrogens with one attached hydrogen (secondary N) is 2. The molecule has 1 aliphatic carbocycles. The van der Waals surface area contributed by atoms with E-state index in [0.717, 1.165) is 50.1 Å². The van der Waals surface area contributed by atoms with E-state index in [1.54, 1.807) is 12.1 Å². The maximum Gasteiger partial charge on any atom is 0.227 e. The lowest BCUT2D eigenvalue weighted by Crippen LogP contribution is -2.45. The van der Waals surface area contributed by atoms with Crippen LogP contribution >= 0.6 is 0 Å². The molecule has 2 aromatic rings. The van der Waals surface area contributed by atoms with Gasteiger partial charge in [0.25, 0.3) is 0 Å². The van der Waals surface area contributed by atoms with Crippen molar-refractivity contribution in [1.29, 1.82) is 0 Å². The average Bonchev–Trinajstić information content (AvgIpc) is 2.74. The van der Waals surface area contributed by atoms with E-state index in [1.165, 1.54) is 6.07 Å². The highest BCUT2D eigenvalue weighted by atomic mass is 19.1. The van der Waals surface area contributed by atoms with E-state index < -0.39 is 5.95 Å². The Morgan fingerprint density at radius 2 is 1.71 bits per heavy atom. The number of hydrogen-bond donors (Lipinski definition) is 2.